The van der Waals surface area contributed by atoms with E-state index in [2.05, 4.69) is 10.6 Å². The van der Waals surface area contributed by atoms with E-state index in [1.54, 1.807) is 24.3 Å². The van der Waals surface area contributed by atoms with Crippen molar-refractivity contribution >= 4 is 17.8 Å². The first-order valence-electron chi connectivity index (χ1n) is 7.93. The minimum Gasteiger partial charge on any atom is -0.481 e. The van der Waals surface area contributed by atoms with Crippen LogP contribution < -0.4 is 10.6 Å². The van der Waals surface area contributed by atoms with Crippen LogP contribution in [0.3, 0.4) is 0 Å². The van der Waals surface area contributed by atoms with Gasteiger partial charge in [-0.1, -0.05) is 25.0 Å². The van der Waals surface area contributed by atoms with Crippen LogP contribution in [0.1, 0.15) is 48.0 Å². The maximum absolute atomic E-state index is 11.9. The minimum atomic E-state index is -0.946. The summed E-state index contributed by atoms with van der Waals surface area (Å²) in [4.78, 5) is 34.1. The van der Waals surface area contributed by atoms with Crippen molar-refractivity contribution in [2.24, 2.45) is 5.92 Å². The number of rotatable bonds is 7. The summed E-state index contributed by atoms with van der Waals surface area (Å²) in [5, 5.41) is 14.0. The molecule has 1 aliphatic rings. The number of amides is 2. The number of carbonyl (C=O) groups is 3. The fourth-order valence-corrected chi connectivity index (χ4v) is 2.68. The number of carbonyl (C=O) groups excluding carboxylic acids is 2. The van der Waals surface area contributed by atoms with Gasteiger partial charge in [-0.05, 0) is 30.5 Å². The molecular formula is C17H22N2O4. The summed E-state index contributed by atoms with van der Waals surface area (Å²) in [7, 11) is 0. The number of nitrogens with one attached hydrogen (secondary N) is 2. The maximum Gasteiger partial charge on any atom is 0.305 e. The molecule has 0 spiro atoms. The van der Waals surface area contributed by atoms with E-state index in [1.807, 2.05) is 0 Å². The van der Waals surface area contributed by atoms with Crippen molar-refractivity contribution in [3.63, 3.8) is 0 Å². The topological polar surface area (TPSA) is 95.5 Å². The summed E-state index contributed by atoms with van der Waals surface area (Å²) >= 11 is 0. The molecule has 0 atom stereocenters. The van der Waals surface area contributed by atoms with Crippen LogP contribution in [0.4, 0.5) is 0 Å². The lowest BCUT2D eigenvalue weighted by Crippen LogP contribution is -2.29. The van der Waals surface area contributed by atoms with Crippen molar-refractivity contribution < 1.29 is 19.5 Å². The molecule has 0 radical (unpaired) electrons. The van der Waals surface area contributed by atoms with Gasteiger partial charge in [0.15, 0.2) is 0 Å². The molecular weight excluding hydrogens is 296 g/mol. The summed E-state index contributed by atoms with van der Waals surface area (Å²) in [5.74, 6) is -0.987. The van der Waals surface area contributed by atoms with Crippen molar-refractivity contribution in [1.29, 1.82) is 0 Å². The first-order valence-corrected chi connectivity index (χ1v) is 7.93. The van der Waals surface area contributed by atoms with Crippen molar-refractivity contribution in [1.82, 2.24) is 10.6 Å². The monoisotopic (exact) mass is 318 g/mol. The van der Waals surface area contributed by atoms with Gasteiger partial charge in [0, 0.05) is 24.6 Å². The summed E-state index contributed by atoms with van der Waals surface area (Å²) in [6.07, 6.45) is 4.10. The second-order valence-electron chi connectivity index (χ2n) is 5.80. The Kier molecular flexibility index (Phi) is 6.14. The van der Waals surface area contributed by atoms with Gasteiger partial charge in [-0.2, -0.15) is 0 Å². The van der Waals surface area contributed by atoms with Crippen LogP contribution in [0, 0.1) is 5.92 Å². The van der Waals surface area contributed by atoms with E-state index in [-0.39, 0.29) is 30.7 Å². The van der Waals surface area contributed by atoms with Gasteiger partial charge in [0.1, 0.15) is 0 Å². The number of hydrogen-bond acceptors (Lipinski definition) is 3. The van der Waals surface area contributed by atoms with Crippen molar-refractivity contribution in [3.05, 3.63) is 35.4 Å². The first-order chi connectivity index (χ1) is 11.1. The number of benzene rings is 1. The molecule has 1 aromatic carbocycles. The van der Waals surface area contributed by atoms with Crippen molar-refractivity contribution in [3.8, 4) is 0 Å². The number of carboxylic acid groups (broad SMARTS) is 1. The molecule has 1 fully saturated rings. The normalized spacial score (nSPS) is 14.4. The molecule has 1 aliphatic carbocycles. The molecule has 0 saturated heterocycles. The van der Waals surface area contributed by atoms with Gasteiger partial charge in [-0.15, -0.1) is 0 Å². The minimum absolute atomic E-state index is 0.100. The Morgan fingerprint density at radius 3 is 2.30 bits per heavy atom. The summed E-state index contributed by atoms with van der Waals surface area (Å²) in [6.45, 7) is 0.559. The first kappa shape index (κ1) is 17.0. The van der Waals surface area contributed by atoms with Gasteiger partial charge < -0.3 is 15.7 Å². The zero-order valence-electron chi connectivity index (χ0n) is 13.0. The highest BCUT2D eigenvalue weighted by atomic mass is 16.4. The van der Waals surface area contributed by atoms with E-state index >= 15 is 0 Å². The molecule has 23 heavy (non-hydrogen) atoms. The third kappa shape index (κ3) is 5.39. The number of hydrogen-bond donors (Lipinski definition) is 3. The van der Waals surface area contributed by atoms with Gasteiger partial charge in [0.25, 0.3) is 5.91 Å². The Morgan fingerprint density at radius 1 is 1.04 bits per heavy atom. The molecule has 1 aromatic rings. The third-order valence-electron chi connectivity index (χ3n) is 4.03. The Morgan fingerprint density at radius 2 is 1.70 bits per heavy atom. The van der Waals surface area contributed by atoms with Gasteiger partial charge in [0.05, 0.1) is 6.42 Å². The summed E-state index contributed by atoms with van der Waals surface area (Å²) in [6, 6.07) is 6.93. The van der Waals surface area contributed by atoms with Crippen LogP contribution in [0.2, 0.25) is 0 Å². The third-order valence-corrected chi connectivity index (χ3v) is 4.03. The summed E-state index contributed by atoms with van der Waals surface area (Å²) < 4.78 is 0. The zero-order chi connectivity index (χ0) is 16.7. The molecule has 0 unspecified atom stereocenters. The standard InChI is InChI=1S/C17H22N2O4/c20-15(21)9-10-18-16(22)14-7-5-12(6-8-14)11-19-17(23)13-3-1-2-4-13/h5-8,13H,1-4,9-11H2,(H,18,22)(H,19,23)(H,20,21). The van der Waals surface area contributed by atoms with E-state index in [9.17, 15) is 14.4 Å². The molecule has 6 heteroatoms. The van der Waals surface area contributed by atoms with E-state index in [1.165, 1.54) is 0 Å². The molecule has 1 saturated carbocycles. The summed E-state index contributed by atoms with van der Waals surface area (Å²) in [5.41, 5.74) is 1.40. The van der Waals surface area contributed by atoms with Crippen LogP contribution in [0.5, 0.6) is 0 Å². The maximum atomic E-state index is 11.9. The Balaban J connectivity index is 1.78. The fraction of sp³-hybridized carbons (Fsp3) is 0.471. The highest BCUT2D eigenvalue weighted by molar-refractivity contribution is 5.94. The van der Waals surface area contributed by atoms with Crippen LogP contribution in [0.15, 0.2) is 24.3 Å². The predicted octanol–water partition coefficient (Wildman–Crippen LogP) is 1.70. The van der Waals surface area contributed by atoms with Crippen LogP contribution in [-0.2, 0) is 16.1 Å². The number of aliphatic carboxylic acids is 1. The van der Waals surface area contributed by atoms with E-state index in [4.69, 9.17) is 5.11 Å². The molecule has 0 heterocycles. The van der Waals surface area contributed by atoms with Crippen molar-refractivity contribution in [2.75, 3.05) is 6.54 Å². The fourth-order valence-electron chi connectivity index (χ4n) is 2.68. The lowest BCUT2D eigenvalue weighted by atomic mass is 10.1. The van der Waals surface area contributed by atoms with Gasteiger partial charge in [-0.3, -0.25) is 14.4 Å². The SMILES string of the molecule is O=C(O)CCNC(=O)c1ccc(CNC(=O)C2CCCC2)cc1. The molecule has 124 valence electrons. The average Bonchev–Trinajstić information content (AvgIpc) is 3.07. The highest BCUT2D eigenvalue weighted by Gasteiger charge is 2.22. The van der Waals surface area contributed by atoms with Crippen LogP contribution in [-0.4, -0.2) is 29.4 Å². The molecule has 6 nitrogen and oxygen atoms in total. The second kappa shape index (κ2) is 8.31. The van der Waals surface area contributed by atoms with Gasteiger partial charge in [-0.25, -0.2) is 0 Å². The van der Waals surface area contributed by atoms with Crippen LogP contribution in [0.25, 0.3) is 0 Å². The number of carboxylic acids is 1. The molecule has 0 aliphatic heterocycles. The van der Waals surface area contributed by atoms with E-state index in [0.29, 0.717) is 12.1 Å². The Bertz CT molecular complexity index is 562. The molecule has 2 rings (SSSR count). The lowest BCUT2D eigenvalue weighted by molar-refractivity contribution is -0.136. The quantitative estimate of drug-likeness (QED) is 0.713. The molecule has 2 amide bonds. The molecule has 3 N–H and O–H groups in total. The largest absolute Gasteiger partial charge is 0.481 e. The smallest absolute Gasteiger partial charge is 0.305 e. The Labute approximate surface area is 135 Å². The van der Waals surface area contributed by atoms with Gasteiger partial charge >= 0.3 is 5.97 Å². The van der Waals surface area contributed by atoms with E-state index < -0.39 is 5.97 Å². The Hall–Kier alpha value is -2.37. The predicted molar refractivity (Wildman–Crippen MR) is 84.8 cm³/mol. The average molecular weight is 318 g/mol. The lowest BCUT2D eigenvalue weighted by Gasteiger charge is -2.10. The zero-order valence-corrected chi connectivity index (χ0v) is 13.0. The second-order valence-corrected chi connectivity index (χ2v) is 5.80. The van der Waals surface area contributed by atoms with Crippen LogP contribution >= 0.6 is 0 Å². The van der Waals surface area contributed by atoms with Gasteiger partial charge in [0.2, 0.25) is 5.91 Å². The van der Waals surface area contributed by atoms with E-state index in [0.717, 1.165) is 31.2 Å². The molecule has 0 bridgehead atoms. The highest BCUT2D eigenvalue weighted by Crippen LogP contribution is 2.24. The van der Waals surface area contributed by atoms with Crippen molar-refractivity contribution in [2.45, 2.75) is 38.6 Å². The molecule has 0 aromatic heterocycles.